The summed E-state index contributed by atoms with van der Waals surface area (Å²) >= 11 is 0. The highest BCUT2D eigenvalue weighted by Crippen LogP contribution is 2.35. The largest absolute Gasteiger partial charge is 0.486 e. The highest BCUT2D eigenvalue weighted by molar-refractivity contribution is 5.97. The standard InChI is InChI=1S/C17H19N3O4/c18-12(10-1-2-10)8-19-17(21)15-16(24-9-20-15)11-3-4-13-14(7-11)23-6-5-22-13/h3-4,7,9-10,12H,1-2,5-6,8,18H2,(H,19,21). The van der Waals surface area contributed by atoms with Crippen LogP contribution in [0.5, 0.6) is 11.5 Å². The van der Waals surface area contributed by atoms with E-state index in [2.05, 4.69) is 10.3 Å². The van der Waals surface area contributed by atoms with E-state index < -0.39 is 0 Å². The molecule has 1 aromatic carbocycles. The number of carbonyl (C=O) groups is 1. The van der Waals surface area contributed by atoms with Gasteiger partial charge in [-0.05, 0) is 37.0 Å². The van der Waals surface area contributed by atoms with E-state index in [0.717, 1.165) is 12.8 Å². The van der Waals surface area contributed by atoms with Crippen molar-refractivity contribution in [2.45, 2.75) is 18.9 Å². The van der Waals surface area contributed by atoms with Crippen molar-refractivity contribution in [1.29, 1.82) is 0 Å². The Labute approximate surface area is 139 Å². The zero-order valence-corrected chi connectivity index (χ0v) is 13.2. The van der Waals surface area contributed by atoms with Crippen LogP contribution in [0.1, 0.15) is 23.3 Å². The van der Waals surface area contributed by atoms with Crippen LogP contribution in [0.3, 0.4) is 0 Å². The van der Waals surface area contributed by atoms with Crippen LogP contribution in [-0.2, 0) is 0 Å². The molecule has 1 aliphatic heterocycles. The minimum absolute atomic E-state index is 0.00130. The molecular formula is C17H19N3O4. The van der Waals surface area contributed by atoms with Gasteiger partial charge in [0.05, 0.1) is 0 Å². The Hall–Kier alpha value is -2.54. The predicted octanol–water partition coefficient (Wildman–Crippen LogP) is 1.58. The van der Waals surface area contributed by atoms with Gasteiger partial charge in [0.1, 0.15) is 13.2 Å². The van der Waals surface area contributed by atoms with Gasteiger partial charge in [-0.25, -0.2) is 4.98 Å². The summed E-state index contributed by atoms with van der Waals surface area (Å²) in [5.41, 5.74) is 6.98. The molecular weight excluding hydrogens is 310 g/mol. The van der Waals surface area contributed by atoms with Crippen LogP contribution in [0.25, 0.3) is 11.3 Å². The molecule has 0 spiro atoms. The van der Waals surface area contributed by atoms with Gasteiger partial charge in [-0.2, -0.15) is 0 Å². The van der Waals surface area contributed by atoms with E-state index in [9.17, 15) is 4.79 Å². The van der Waals surface area contributed by atoms with Gasteiger partial charge in [0.2, 0.25) is 0 Å². The lowest BCUT2D eigenvalue weighted by Gasteiger charge is -2.18. The van der Waals surface area contributed by atoms with Crippen molar-refractivity contribution in [3.63, 3.8) is 0 Å². The Morgan fingerprint density at radius 3 is 2.88 bits per heavy atom. The first-order chi connectivity index (χ1) is 11.7. The highest BCUT2D eigenvalue weighted by atomic mass is 16.6. The molecule has 1 atom stereocenters. The Morgan fingerprint density at radius 1 is 1.29 bits per heavy atom. The first-order valence-corrected chi connectivity index (χ1v) is 8.09. The number of aromatic nitrogens is 1. The van der Waals surface area contributed by atoms with Gasteiger partial charge in [0.25, 0.3) is 5.91 Å². The first-order valence-electron chi connectivity index (χ1n) is 8.09. The van der Waals surface area contributed by atoms with E-state index in [1.54, 1.807) is 12.1 Å². The van der Waals surface area contributed by atoms with Gasteiger partial charge in [-0.15, -0.1) is 0 Å². The molecule has 2 heterocycles. The van der Waals surface area contributed by atoms with Crippen LogP contribution in [-0.4, -0.2) is 36.7 Å². The minimum atomic E-state index is -0.287. The molecule has 1 saturated carbocycles. The van der Waals surface area contributed by atoms with Gasteiger partial charge >= 0.3 is 0 Å². The molecule has 4 rings (SSSR count). The summed E-state index contributed by atoms with van der Waals surface area (Å²) in [6, 6.07) is 5.41. The third-order valence-electron chi connectivity index (χ3n) is 4.31. The number of nitrogens with two attached hydrogens (primary N) is 1. The number of nitrogens with one attached hydrogen (secondary N) is 1. The quantitative estimate of drug-likeness (QED) is 0.864. The monoisotopic (exact) mass is 329 g/mol. The highest BCUT2D eigenvalue weighted by Gasteiger charge is 2.29. The maximum absolute atomic E-state index is 12.4. The SMILES string of the molecule is NC(CNC(=O)c1ncoc1-c1ccc2c(c1)OCCO2)C1CC1. The normalized spacial score (nSPS) is 17.4. The molecule has 7 heteroatoms. The zero-order chi connectivity index (χ0) is 16.5. The van der Waals surface area contributed by atoms with Crippen LogP contribution >= 0.6 is 0 Å². The third kappa shape index (κ3) is 2.94. The summed E-state index contributed by atoms with van der Waals surface area (Å²) in [7, 11) is 0. The summed E-state index contributed by atoms with van der Waals surface area (Å²) < 4.78 is 16.5. The molecule has 2 aliphatic rings. The molecule has 0 radical (unpaired) electrons. The zero-order valence-electron chi connectivity index (χ0n) is 13.2. The molecule has 3 N–H and O–H groups in total. The number of ether oxygens (including phenoxy) is 2. The number of rotatable bonds is 5. The predicted molar refractivity (Wildman–Crippen MR) is 86.0 cm³/mol. The number of fused-ring (bicyclic) bond motifs is 1. The Bertz CT molecular complexity index is 754. The topological polar surface area (TPSA) is 99.6 Å². The van der Waals surface area contributed by atoms with Gasteiger partial charge in [0, 0.05) is 18.2 Å². The smallest absolute Gasteiger partial charge is 0.273 e. The molecule has 1 aliphatic carbocycles. The number of carbonyl (C=O) groups excluding carboxylic acids is 1. The van der Waals surface area contributed by atoms with Crippen molar-refractivity contribution < 1.29 is 18.7 Å². The van der Waals surface area contributed by atoms with Gasteiger partial charge < -0.3 is 24.9 Å². The lowest BCUT2D eigenvalue weighted by molar-refractivity contribution is 0.0946. The van der Waals surface area contributed by atoms with Crippen molar-refractivity contribution in [3.05, 3.63) is 30.3 Å². The second-order valence-electron chi connectivity index (χ2n) is 6.10. The minimum Gasteiger partial charge on any atom is -0.486 e. The van der Waals surface area contributed by atoms with Crippen molar-refractivity contribution in [3.8, 4) is 22.8 Å². The average molecular weight is 329 g/mol. The molecule has 1 fully saturated rings. The summed E-state index contributed by atoms with van der Waals surface area (Å²) in [6.45, 7) is 1.47. The Kier molecular flexibility index (Phi) is 3.86. The maximum Gasteiger partial charge on any atom is 0.273 e. The van der Waals surface area contributed by atoms with E-state index in [4.69, 9.17) is 19.6 Å². The number of hydrogen-bond acceptors (Lipinski definition) is 6. The molecule has 0 bridgehead atoms. The molecule has 7 nitrogen and oxygen atoms in total. The average Bonchev–Trinajstić information content (AvgIpc) is 3.35. The molecule has 1 aromatic heterocycles. The van der Waals surface area contributed by atoms with E-state index in [1.165, 1.54) is 6.39 Å². The number of benzene rings is 1. The number of amides is 1. The number of nitrogens with zero attached hydrogens (tertiary/aromatic N) is 1. The van der Waals surface area contributed by atoms with E-state index in [1.807, 2.05) is 6.07 Å². The number of hydrogen-bond donors (Lipinski definition) is 2. The van der Waals surface area contributed by atoms with Gasteiger partial charge in [0.15, 0.2) is 29.3 Å². The second-order valence-corrected chi connectivity index (χ2v) is 6.10. The second kappa shape index (κ2) is 6.16. The fourth-order valence-electron chi connectivity index (χ4n) is 2.78. The molecule has 0 saturated heterocycles. The molecule has 2 aromatic rings. The summed E-state index contributed by atoms with van der Waals surface area (Å²) in [5.74, 6) is 1.97. The molecule has 24 heavy (non-hydrogen) atoms. The Balaban J connectivity index is 1.52. The van der Waals surface area contributed by atoms with Crippen LogP contribution < -0.4 is 20.5 Å². The Morgan fingerprint density at radius 2 is 2.08 bits per heavy atom. The third-order valence-corrected chi connectivity index (χ3v) is 4.31. The van der Waals surface area contributed by atoms with Crippen molar-refractivity contribution >= 4 is 5.91 Å². The summed E-state index contributed by atoms with van der Waals surface area (Å²) in [5, 5.41) is 2.84. The molecule has 1 unspecified atom stereocenters. The van der Waals surface area contributed by atoms with Crippen LogP contribution in [0.2, 0.25) is 0 Å². The van der Waals surface area contributed by atoms with Gasteiger partial charge in [-0.3, -0.25) is 4.79 Å². The van der Waals surface area contributed by atoms with E-state index in [0.29, 0.717) is 48.5 Å². The van der Waals surface area contributed by atoms with Crippen molar-refractivity contribution in [2.75, 3.05) is 19.8 Å². The number of oxazole rings is 1. The van der Waals surface area contributed by atoms with Crippen LogP contribution in [0, 0.1) is 5.92 Å². The lowest BCUT2D eigenvalue weighted by Crippen LogP contribution is -2.38. The van der Waals surface area contributed by atoms with E-state index in [-0.39, 0.29) is 17.6 Å². The van der Waals surface area contributed by atoms with Gasteiger partial charge in [-0.1, -0.05) is 0 Å². The molecule has 1 amide bonds. The summed E-state index contributed by atoms with van der Waals surface area (Å²) in [6.07, 6.45) is 3.55. The van der Waals surface area contributed by atoms with Crippen molar-refractivity contribution in [1.82, 2.24) is 10.3 Å². The molecule has 126 valence electrons. The van der Waals surface area contributed by atoms with E-state index >= 15 is 0 Å². The van der Waals surface area contributed by atoms with Crippen LogP contribution in [0.15, 0.2) is 29.0 Å². The fourth-order valence-corrected chi connectivity index (χ4v) is 2.78. The fraction of sp³-hybridized carbons (Fsp3) is 0.412. The first kappa shape index (κ1) is 15.0. The van der Waals surface area contributed by atoms with Crippen LogP contribution in [0.4, 0.5) is 0 Å². The lowest BCUT2D eigenvalue weighted by atomic mass is 10.1. The maximum atomic E-state index is 12.4. The van der Waals surface area contributed by atoms with Crippen molar-refractivity contribution in [2.24, 2.45) is 11.7 Å². The summed E-state index contributed by atoms with van der Waals surface area (Å²) in [4.78, 5) is 16.4.